The van der Waals surface area contributed by atoms with Gasteiger partial charge in [0.2, 0.25) is 11.8 Å². The van der Waals surface area contributed by atoms with E-state index in [9.17, 15) is 9.59 Å². The molecule has 31 heavy (non-hydrogen) atoms. The smallest absolute Gasteiger partial charge is 0.237 e. The topological polar surface area (TPSA) is 83.6 Å². The van der Waals surface area contributed by atoms with Crippen LogP contribution in [0.2, 0.25) is 0 Å². The highest BCUT2D eigenvalue weighted by Gasteiger charge is 2.29. The number of amides is 2. The fourth-order valence-corrected chi connectivity index (χ4v) is 3.82. The van der Waals surface area contributed by atoms with E-state index >= 15 is 0 Å². The van der Waals surface area contributed by atoms with Gasteiger partial charge >= 0.3 is 0 Å². The number of aromatic nitrogens is 1. The van der Waals surface area contributed by atoms with Gasteiger partial charge in [-0.3, -0.25) is 14.5 Å². The molecule has 0 radical (unpaired) electrons. The maximum Gasteiger partial charge on any atom is 0.237 e. The van der Waals surface area contributed by atoms with Crippen LogP contribution in [0.4, 0.5) is 5.82 Å². The van der Waals surface area contributed by atoms with Crippen molar-refractivity contribution in [1.29, 1.82) is 0 Å². The lowest BCUT2D eigenvalue weighted by Gasteiger charge is -2.34. The Bertz CT molecular complexity index is 877. The van der Waals surface area contributed by atoms with Gasteiger partial charge in [-0.15, -0.1) is 0 Å². The number of nitrogens with zero attached hydrogens (tertiary/aromatic N) is 2. The van der Waals surface area contributed by atoms with Gasteiger partial charge in [0.1, 0.15) is 11.6 Å². The second-order valence-corrected chi connectivity index (χ2v) is 8.08. The first kappa shape index (κ1) is 22.7. The van der Waals surface area contributed by atoms with Crippen LogP contribution in [0.3, 0.4) is 0 Å². The molecule has 1 saturated heterocycles. The lowest BCUT2D eigenvalue weighted by atomic mass is 9.95. The summed E-state index contributed by atoms with van der Waals surface area (Å²) in [5.41, 5.74) is 2.22. The van der Waals surface area contributed by atoms with E-state index in [0.717, 1.165) is 49.2 Å². The fraction of sp³-hybridized carbons (Fsp3) is 0.458. The van der Waals surface area contributed by atoms with Crippen molar-refractivity contribution in [2.75, 3.05) is 32.1 Å². The minimum atomic E-state index is -0.210. The van der Waals surface area contributed by atoms with Crippen LogP contribution in [0.15, 0.2) is 42.6 Å². The molecule has 1 aliphatic rings. The van der Waals surface area contributed by atoms with Crippen LogP contribution in [0, 0.1) is 12.8 Å². The number of likely N-dealkylation sites (tertiary alicyclic amines) is 1. The zero-order chi connectivity index (χ0) is 22.2. The Balaban J connectivity index is 1.39. The maximum absolute atomic E-state index is 12.6. The van der Waals surface area contributed by atoms with Gasteiger partial charge in [0, 0.05) is 18.7 Å². The van der Waals surface area contributed by atoms with Crippen molar-refractivity contribution in [2.24, 2.45) is 5.92 Å². The quantitative estimate of drug-likeness (QED) is 0.681. The SMILES string of the molecule is COc1ccc(CCNC(=O)C(C)N2CCC(C(=O)Nc3cc(C)ccn3)CC2)cc1. The van der Waals surface area contributed by atoms with Crippen molar-refractivity contribution in [3.63, 3.8) is 0 Å². The number of rotatable bonds is 8. The molecule has 1 atom stereocenters. The number of pyridine rings is 1. The van der Waals surface area contributed by atoms with E-state index in [1.54, 1.807) is 13.3 Å². The molecule has 0 aliphatic carbocycles. The molecule has 1 aromatic carbocycles. The Morgan fingerprint density at radius 1 is 1.19 bits per heavy atom. The molecule has 1 aliphatic heterocycles. The standard InChI is InChI=1S/C24H32N4O3/c1-17-8-12-25-22(16-17)27-24(30)20-10-14-28(15-11-20)18(2)23(29)26-13-9-19-4-6-21(31-3)7-5-19/h4-8,12,16,18,20H,9-11,13-15H2,1-3H3,(H,26,29)(H,25,27,30). The number of nitrogens with one attached hydrogen (secondary N) is 2. The molecule has 1 fully saturated rings. The molecule has 2 aromatic rings. The van der Waals surface area contributed by atoms with E-state index in [1.807, 2.05) is 50.2 Å². The molecule has 0 spiro atoms. The minimum absolute atomic E-state index is 0.00865. The van der Waals surface area contributed by atoms with Crippen molar-refractivity contribution in [3.05, 3.63) is 53.7 Å². The summed E-state index contributed by atoms with van der Waals surface area (Å²) in [5.74, 6) is 1.41. The summed E-state index contributed by atoms with van der Waals surface area (Å²) in [4.78, 5) is 31.5. The molecule has 3 rings (SSSR count). The third kappa shape index (κ3) is 6.52. The lowest BCUT2D eigenvalue weighted by Crippen LogP contribution is -2.49. The zero-order valence-corrected chi connectivity index (χ0v) is 18.6. The summed E-state index contributed by atoms with van der Waals surface area (Å²) in [5, 5.41) is 5.94. The van der Waals surface area contributed by atoms with Gasteiger partial charge in [0.15, 0.2) is 0 Å². The van der Waals surface area contributed by atoms with Crippen molar-refractivity contribution in [1.82, 2.24) is 15.2 Å². The number of hydrogen-bond donors (Lipinski definition) is 2. The highest BCUT2D eigenvalue weighted by atomic mass is 16.5. The van der Waals surface area contributed by atoms with E-state index < -0.39 is 0 Å². The summed E-state index contributed by atoms with van der Waals surface area (Å²) >= 11 is 0. The van der Waals surface area contributed by atoms with Gasteiger partial charge in [0.05, 0.1) is 13.2 Å². The first-order valence-electron chi connectivity index (χ1n) is 10.8. The van der Waals surface area contributed by atoms with Crippen molar-refractivity contribution in [3.8, 4) is 5.75 Å². The number of hydrogen-bond acceptors (Lipinski definition) is 5. The number of piperidine rings is 1. The molecule has 1 unspecified atom stereocenters. The number of benzene rings is 1. The van der Waals surface area contributed by atoms with Crippen LogP contribution in [0.5, 0.6) is 5.75 Å². The Labute approximate surface area is 184 Å². The van der Waals surface area contributed by atoms with Crippen LogP contribution >= 0.6 is 0 Å². The highest BCUT2D eigenvalue weighted by molar-refractivity contribution is 5.91. The molecular weight excluding hydrogens is 392 g/mol. The predicted molar refractivity (Wildman–Crippen MR) is 121 cm³/mol. The Morgan fingerprint density at radius 3 is 2.55 bits per heavy atom. The van der Waals surface area contributed by atoms with E-state index in [2.05, 4.69) is 20.5 Å². The molecule has 1 aromatic heterocycles. The summed E-state index contributed by atoms with van der Waals surface area (Å²) in [6.07, 6.45) is 3.95. The summed E-state index contributed by atoms with van der Waals surface area (Å²) in [6.45, 7) is 5.95. The first-order chi connectivity index (χ1) is 15.0. The second-order valence-electron chi connectivity index (χ2n) is 8.08. The second kappa shape index (κ2) is 10.9. The Morgan fingerprint density at radius 2 is 1.90 bits per heavy atom. The van der Waals surface area contributed by atoms with Crippen LogP contribution in [-0.4, -0.2) is 54.5 Å². The molecule has 166 valence electrons. The molecule has 2 amide bonds. The third-order valence-corrected chi connectivity index (χ3v) is 5.87. The number of anilines is 1. The van der Waals surface area contributed by atoms with Crippen LogP contribution in [0.1, 0.15) is 30.9 Å². The van der Waals surface area contributed by atoms with E-state index in [4.69, 9.17) is 4.74 Å². The van der Waals surface area contributed by atoms with Crippen molar-refractivity contribution < 1.29 is 14.3 Å². The molecule has 7 nitrogen and oxygen atoms in total. The van der Waals surface area contributed by atoms with Gasteiger partial charge in [-0.05, 0) is 81.6 Å². The average Bonchev–Trinajstić information content (AvgIpc) is 2.79. The number of ether oxygens (including phenoxy) is 1. The van der Waals surface area contributed by atoms with Crippen LogP contribution in [-0.2, 0) is 16.0 Å². The van der Waals surface area contributed by atoms with Gasteiger partial charge in [-0.25, -0.2) is 4.98 Å². The van der Waals surface area contributed by atoms with Gasteiger partial charge in [-0.2, -0.15) is 0 Å². The summed E-state index contributed by atoms with van der Waals surface area (Å²) < 4.78 is 5.16. The molecule has 0 bridgehead atoms. The van der Waals surface area contributed by atoms with Gasteiger partial charge in [0.25, 0.3) is 0 Å². The molecular formula is C24H32N4O3. The monoisotopic (exact) mass is 424 g/mol. The van der Waals surface area contributed by atoms with E-state index in [-0.39, 0.29) is 23.8 Å². The highest BCUT2D eigenvalue weighted by Crippen LogP contribution is 2.21. The number of methoxy groups -OCH3 is 1. The first-order valence-corrected chi connectivity index (χ1v) is 10.8. The van der Waals surface area contributed by atoms with Gasteiger partial charge in [-0.1, -0.05) is 12.1 Å². The van der Waals surface area contributed by atoms with Crippen LogP contribution < -0.4 is 15.4 Å². The van der Waals surface area contributed by atoms with Crippen LogP contribution in [0.25, 0.3) is 0 Å². The maximum atomic E-state index is 12.6. The minimum Gasteiger partial charge on any atom is -0.497 e. The third-order valence-electron chi connectivity index (χ3n) is 5.87. The fourth-order valence-electron chi connectivity index (χ4n) is 3.82. The summed E-state index contributed by atoms with van der Waals surface area (Å²) in [6, 6.07) is 11.4. The van der Waals surface area contributed by atoms with Crippen molar-refractivity contribution >= 4 is 17.6 Å². The van der Waals surface area contributed by atoms with Gasteiger partial charge < -0.3 is 15.4 Å². The molecule has 0 saturated carbocycles. The van der Waals surface area contributed by atoms with E-state index in [0.29, 0.717) is 12.4 Å². The number of aryl methyl sites for hydroxylation is 1. The number of carbonyl (C=O) groups is 2. The normalized spacial score (nSPS) is 15.8. The molecule has 2 heterocycles. The Kier molecular flexibility index (Phi) is 8.00. The molecule has 7 heteroatoms. The Hall–Kier alpha value is -2.93. The number of carbonyl (C=O) groups excluding carboxylic acids is 2. The predicted octanol–water partition coefficient (Wildman–Crippen LogP) is 2.80. The summed E-state index contributed by atoms with van der Waals surface area (Å²) in [7, 11) is 1.65. The molecule has 2 N–H and O–H groups in total. The zero-order valence-electron chi connectivity index (χ0n) is 18.6. The van der Waals surface area contributed by atoms with E-state index in [1.165, 1.54) is 0 Å². The largest absolute Gasteiger partial charge is 0.497 e. The average molecular weight is 425 g/mol. The lowest BCUT2D eigenvalue weighted by molar-refractivity contribution is -0.127. The van der Waals surface area contributed by atoms with Crippen molar-refractivity contribution in [2.45, 2.75) is 39.2 Å².